The molecule has 0 bridgehead atoms. The molecule has 4 heterocycles. The number of hydrogen-bond acceptors (Lipinski definition) is 7. The van der Waals surface area contributed by atoms with Crippen molar-refractivity contribution in [3.63, 3.8) is 0 Å². The van der Waals surface area contributed by atoms with Crippen molar-refractivity contribution >= 4 is 28.6 Å². The van der Waals surface area contributed by atoms with E-state index in [9.17, 15) is 4.79 Å². The van der Waals surface area contributed by atoms with Gasteiger partial charge in [-0.3, -0.25) is 0 Å². The molecule has 1 amide bonds. The zero-order chi connectivity index (χ0) is 26.9. The number of fused-ring (bicyclic) bond motifs is 2. The van der Waals surface area contributed by atoms with Crippen LogP contribution in [0.2, 0.25) is 0 Å². The summed E-state index contributed by atoms with van der Waals surface area (Å²) in [6.07, 6.45) is 6.53. The van der Waals surface area contributed by atoms with E-state index >= 15 is 0 Å². The van der Waals surface area contributed by atoms with E-state index in [1.807, 2.05) is 27.0 Å². The Hall–Kier alpha value is -3.33. The van der Waals surface area contributed by atoms with Gasteiger partial charge in [0.1, 0.15) is 17.1 Å². The normalized spacial score (nSPS) is 21.4. The molecule has 1 aliphatic heterocycles. The van der Waals surface area contributed by atoms with Crippen molar-refractivity contribution < 1.29 is 14.3 Å². The Balaban J connectivity index is 1.23. The van der Waals surface area contributed by atoms with E-state index in [4.69, 9.17) is 14.5 Å². The lowest BCUT2D eigenvalue weighted by atomic mass is 9.91. The molecule has 9 nitrogen and oxygen atoms in total. The molecule has 204 valence electrons. The fraction of sp³-hybridized carbons (Fsp3) is 0.552. The average Bonchev–Trinajstić information content (AvgIpc) is 3.46. The van der Waals surface area contributed by atoms with E-state index in [2.05, 4.69) is 62.5 Å². The van der Waals surface area contributed by atoms with Crippen LogP contribution in [-0.2, 0) is 28.9 Å². The summed E-state index contributed by atoms with van der Waals surface area (Å²) >= 11 is 0. The van der Waals surface area contributed by atoms with Crippen LogP contribution in [0.5, 0.6) is 0 Å². The second kappa shape index (κ2) is 10.8. The fourth-order valence-corrected chi connectivity index (χ4v) is 5.61. The summed E-state index contributed by atoms with van der Waals surface area (Å²) in [7, 11) is 1.70. The summed E-state index contributed by atoms with van der Waals surface area (Å²) in [5, 5.41) is 7.91. The number of aromatic nitrogens is 3. The predicted octanol–water partition coefficient (Wildman–Crippen LogP) is 4.40. The average molecular weight is 521 g/mol. The van der Waals surface area contributed by atoms with E-state index < -0.39 is 5.60 Å². The van der Waals surface area contributed by atoms with Gasteiger partial charge in [0.05, 0.1) is 24.5 Å². The number of hydrogen-bond donors (Lipinski definition) is 2. The molecule has 3 aromatic heterocycles. The Kier molecular flexibility index (Phi) is 7.47. The molecular formula is C29H40N6O3. The van der Waals surface area contributed by atoms with Gasteiger partial charge in [0.25, 0.3) is 0 Å². The number of alkyl carbamates (subject to hydrolysis) is 1. The summed E-state index contributed by atoms with van der Waals surface area (Å²) < 4.78 is 13.1. The van der Waals surface area contributed by atoms with E-state index in [0.29, 0.717) is 19.2 Å². The number of methoxy groups -OCH3 is 1. The van der Waals surface area contributed by atoms with Crippen LogP contribution in [0.4, 0.5) is 16.3 Å². The largest absolute Gasteiger partial charge is 0.444 e. The molecule has 0 saturated carbocycles. The number of carbonyl (C=O) groups excluding carboxylic acids is 1. The molecule has 3 atom stereocenters. The zero-order valence-electron chi connectivity index (χ0n) is 23.2. The first kappa shape index (κ1) is 26.3. The van der Waals surface area contributed by atoms with Crippen LogP contribution in [0.3, 0.4) is 0 Å². The Labute approximate surface area is 224 Å². The lowest BCUT2D eigenvalue weighted by Crippen LogP contribution is -2.44. The maximum Gasteiger partial charge on any atom is 0.407 e. The van der Waals surface area contributed by atoms with E-state index in [0.717, 1.165) is 54.9 Å². The summed E-state index contributed by atoms with van der Waals surface area (Å²) in [6, 6.07) is 8.94. The van der Waals surface area contributed by atoms with Crippen LogP contribution in [0.15, 0.2) is 36.7 Å². The number of aryl methyl sites for hydroxylation is 2. The number of carbonyl (C=O) groups is 1. The SMILES string of the molecule is CCn1ccc2cc(N[C@H]3CCc4nc(N5C[C@@H](COC)[C@@H](NC(=O)OC(C)(C)C)C5)ccc4C3)cnc21. The van der Waals surface area contributed by atoms with Crippen molar-refractivity contribution in [3.05, 3.63) is 47.9 Å². The van der Waals surface area contributed by atoms with Gasteiger partial charge in [-0.1, -0.05) is 6.07 Å². The third-order valence-corrected chi connectivity index (χ3v) is 7.41. The van der Waals surface area contributed by atoms with Gasteiger partial charge < -0.3 is 29.6 Å². The first-order chi connectivity index (χ1) is 18.2. The maximum atomic E-state index is 12.4. The van der Waals surface area contributed by atoms with Gasteiger partial charge in [-0.25, -0.2) is 14.8 Å². The van der Waals surface area contributed by atoms with E-state index in [1.54, 1.807) is 7.11 Å². The number of amides is 1. The van der Waals surface area contributed by atoms with Crippen LogP contribution in [0, 0.1) is 5.92 Å². The second-order valence-electron chi connectivity index (χ2n) is 11.5. The van der Waals surface area contributed by atoms with Crippen LogP contribution in [0.25, 0.3) is 11.0 Å². The minimum Gasteiger partial charge on any atom is -0.444 e. The second-order valence-corrected chi connectivity index (χ2v) is 11.5. The molecule has 2 aliphatic rings. The number of nitrogens with one attached hydrogen (secondary N) is 2. The number of nitrogens with zero attached hydrogens (tertiary/aromatic N) is 4. The molecule has 0 spiro atoms. The molecule has 0 aromatic carbocycles. The molecule has 38 heavy (non-hydrogen) atoms. The van der Waals surface area contributed by atoms with Gasteiger partial charge in [0.2, 0.25) is 0 Å². The van der Waals surface area contributed by atoms with Crippen LogP contribution in [-0.4, -0.2) is 65.1 Å². The number of anilines is 2. The van der Waals surface area contributed by atoms with E-state index in [-0.39, 0.29) is 18.1 Å². The smallest absolute Gasteiger partial charge is 0.407 e. The highest BCUT2D eigenvalue weighted by Gasteiger charge is 2.36. The highest BCUT2D eigenvalue weighted by Crippen LogP contribution is 2.29. The minimum absolute atomic E-state index is 0.0589. The summed E-state index contributed by atoms with van der Waals surface area (Å²) in [4.78, 5) is 24.4. The van der Waals surface area contributed by atoms with Gasteiger partial charge in [-0.2, -0.15) is 0 Å². The van der Waals surface area contributed by atoms with E-state index in [1.165, 1.54) is 11.3 Å². The first-order valence-electron chi connectivity index (χ1n) is 13.7. The third-order valence-electron chi connectivity index (χ3n) is 7.41. The van der Waals surface area contributed by atoms with Crippen molar-refractivity contribution in [1.82, 2.24) is 19.9 Å². The summed E-state index contributed by atoms with van der Waals surface area (Å²) in [5.41, 5.74) is 4.02. The minimum atomic E-state index is -0.531. The molecule has 0 unspecified atom stereocenters. The summed E-state index contributed by atoms with van der Waals surface area (Å²) in [5.74, 6) is 1.12. The van der Waals surface area contributed by atoms with Crippen molar-refractivity contribution in [3.8, 4) is 0 Å². The topological polar surface area (TPSA) is 93.5 Å². The standard InChI is InChI=1S/C29H40N6O3/c1-6-34-12-11-20-14-23(15-30-27(20)34)31-22-8-9-24-19(13-22)7-10-26(32-24)35-16-21(18-37-5)25(17-35)33-28(36)38-29(2,3)4/h7,10-12,14-15,21-22,25,31H,6,8-9,13,16-18H2,1-5H3,(H,33,36)/t21-,22-,25-/m0/s1. The quantitative estimate of drug-likeness (QED) is 0.477. The lowest BCUT2D eigenvalue weighted by molar-refractivity contribution is 0.0480. The van der Waals surface area contributed by atoms with Gasteiger partial charge >= 0.3 is 6.09 Å². The van der Waals surface area contributed by atoms with Crippen LogP contribution >= 0.6 is 0 Å². The molecule has 9 heteroatoms. The molecule has 1 aliphatic carbocycles. The predicted molar refractivity (Wildman–Crippen MR) is 150 cm³/mol. The molecular weight excluding hydrogens is 480 g/mol. The molecule has 5 rings (SSSR count). The highest BCUT2D eigenvalue weighted by atomic mass is 16.6. The lowest BCUT2D eigenvalue weighted by Gasteiger charge is -2.27. The third kappa shape index (κ3) is 5.88. The Morgan fingerprint density at radius 1 is 1.21 bits per heavy atom. The molecule has 0 radical (unpaired) electrons. The Morgan fingerprint density at radius 2 is 2.05 bits per heavy atom. The fourth-order valence-electron chi connectivity index (χ4n) is 5.61. The van der Waals surface area contributed by atoms with Crippen LogP contribution < -0.4 is 15.5 Å². The first-order valence-corrected chi connectivity index (χ1v) is 13.7. The van der Waals surface area contributed by atoms with Gasteiger partial charge in [-0.15, -0.1) is 0 Å². The van der Waals surface area contributed by atoms with Crippen molar-refractivity contribution in [2.75, 3.05) is 37.0 Å². The molecule has 1 saturated heterocycles. The van der Waals surface area contributed by atoms with Crippen molar-refractivity contribution in [2.24, 2.45) is 5.92 Å². The Morgan fingerprint density at radius 3 is 2.82 bits per heavy atom. The van der Waals surface area contributed by atoms with Gasteiger partial charge in [-0.05, 0) is 70.7 Å². The van der Waals surface area contributed by atoms with Gasteiger partial charge in [0, 0.05) is 56.0 Å². The number of rotatable bonds is 7. The number of ether oxygens (including phenoxy) is 2. The molecule has 2 N–H and O–H groups in total. The highest BCUT2D eigenvalue weighted by molar-refractivity contribution is 5.79. The molecule has 3 aromatic rings. The van der Waals surface area contributed by atoms with Gasteiger partial charge in [0.15, 0.2) is 0 Å². The maximum absolute atomic E-state index is 12.4. The monoisotopic (exact) mass is 520 g/mol. The Bertz CT molecular complexity index is 1280. The van der Waals surface area contributed by atoms with Crippen molar-refractivity contribution in [1.29, 1.82) is 0 Å². The zero-order valence-corrected chi connectivity index (χ0v) is 23.2. The van der Waals surface area contributed by atoms with Crippen LogP contribution in [0.1, 0.15) is 45.4 Å². The number of pyridine rings is 2. The summed E-state index contributed by atoms with van der Waals surface area (Å²) in [6.45, 7) is 10.7. The van der Waals surface area contributed by atoms with Crippen molar-refractivity contribution in [2.45, 2.75) is 71.2 Å². The molecule has 1 fully saturated rings.